The molecule has 9 rings (SSSR count). The zero-order chi connectivity index (χ0) is 69.3. The minimum absolute atomic E-state index is 0.0153. The van der Waals surface area contributed by atoms with Gasteiger partial charge in [-0.3, -0.25) is 19.2 Å². The molecule has 4 aliphatic heterocycles. The number of nitrogens with zero attached hydrogens (tertiary/aromatic N) is 4. The molecule has 0 radical (unpaired) electrons. The number of benzene rings is 4. The van der Waals surface area contributed by atoms with Crippen LogP contribution in [0.5, 0.6) is 23.0 Å². The van der Waals surface area contributed by atoms with E-state index < -0.39 is 72.0 Å². The summed E-state index contributed by atoms with van der Waals surface area (Å²) in [5.41, 5.74) is 7.41. The fourth-order valence-corrected chi connectivity index (χ4v) is 12.9. The number of likely N-dealkylation sites (tertiary alicyclic amines) is 4. The number of carbonyl (C=O) groups excluding carboxylic acids is 8. The van der Waals surface area contributed by atoms with Crippen LogP contribution in [0, 0.1) is 0 Å². The molecule has 20 heteroatoms. The first-order valence-electron chi connectivity index (χ1n) is 34.3. The molecule has 5 aliphatic rings. The van der Waals surface area contributed by atoms with E-state index >= 15 is 0 Å². The van der Waals surface area contributed by atoms with E-state index in [4.69, 9.17) is 37.9 Å². The van der Waals surface area contributed by atoms with Crippen LogP contribution in [-0.4, -0.2) is 172 Å². The molecule has 0 N–H and O–H groups in total. The second kappa shape index (κ2) is 30.9. The highest BCUT2D eigenvalue weighted by atomic mass is 16.6. The first-order valence-corrected chi connectivity index (χ1v) is 34.3. The average molecular weight is 1330 g/mol. The Bertz CT molecular complexity index is 3010. The van der Waals surface area contributed by atoms with E-state index in [0.29, 0.717) is 119 Å². The van der Waals surface area contributed by atoms with Gasteiger partial charge < -0.3 is 57.5 Å². The number of rotatable bonds is 24. The maximum Gasteiger partial charge on any atom is 0.344 e. The van der Waals surface area contributed by atoms with Crippen molar-refractivity contribution in [1.29, 1.82) is 0 Å². The van der Waals surface area contributed by atoms with E-state index in [-0.39, 0.29) is 102 Å². The number of carbonyl (C=O) groups is 8. The molecule has 4 aromatic rings. The first kappa shape index (κ1) is 72.1. The second-order valence-corrected chi connectivity index (χ2v) is 30.2. The average Bonchev–Trinajstić information content (AvgIpc) is 0.810. The Morgan fingerprint density at radius 1 is 0.312 bits per heavy atom. The molecule has 20 nitrogen and oxygen atoms in total. The van der Waals surface area contributed by atoms with Crippen molar-refractivity contribution in [3.63, 3.8) is 0 Å². The Balaban J connectivity index is 1.24. The summed E-state index contributed by atoms with van der Waals surface area (Å²) in [6.07, 6.45) is 5.37. The third-order valence-corrected chi connectivity index (χ3v) is 18.5. The number of hydrogen-bond acceptors (Lipinski definition) is 16. The molecule has 4 fully saturated rings. The largest absolute Gasteiger partial charge is 0.481 e. The zero-order valence-electron chi connectivity index (χ0n) is 58.7. The number of esters is 4. The van der Waals surface area contributed by atoms with Crippen molar-refractivity contribution in [2.24, 2.45) is 0 Å². The Morgan fingerprint density at radius 2 is 0.490 bits per heavy atom. The molecule has 0 aromatic heterocycles. The summed E-state index contributed by atoms with van der Waals surface area (Å²) in [4.78, 5) is 113. The Labute approximate surface area is 566 Å². The van der Waals surface area contributed by atoms with E-state index in [2.05, 4.69) is 132 Å². The van der Waals surface area contributed by atoms with Crippen molar-refractivity contribution in [3.05, 3.63) is 115 Å². The lowest BCUT2D eigenvalue weighted by molar-refractivity contribution is -0.148. The van der Waals surface area contributed by atoms with Gasteiger partial charge in [-0.2, -0.15) is 0 Å². The normalized spacial score (nSPS) is 16.1. The molecule has 8 bridgehead atoms. The molecular formula is C76H100N4O16. The van der Waals surface area contributed by atoms with Crippen LogP contribution in [0.3, 0.4) is 0 Å². The summed E-state index contributed by atoms with van der Waals surface area (Å²) >= 11 is 0. The van der Waals surface area contributed by atoms with Crippen LogP contribution in [0.25, 0.3) is 0 Å². The van der Waals surface area contributed by atoms with Gasteiger partial charge in [0.15, 0.2) is 26.4 Å². The molecular weight excluding hydrogens is 1220 g/mol. The predicted molar refractivity (Wildman–Crippen MR) is 361 cm³/mol. The molecule has 4 amide bonds. The van der Waals surface area contributed by atoms with Gasteiger partial charge in [-0.05, 0) is 114 Å². The van der Waals surface area contributed by atoms with Gasteiger partial charge in [-0.15, -0.1) is 0 Å². The Hall–Kier alpha value is -8.16. The van der Waals surface area contributed by atoms with Gasteiger partial charge in [0, 0.05) is 77.5 Å². The van der Waals surface area contributed by atoms with Gasteiger partial charge in [0.1, 0.15) is 49.4 Å². The van der Waals surface area contributed by atoms with Crippen molar-refractivity contribution in [2.75, 3.05) is 105 Å². The fourth-order valence-electron chi connectivity index (χ4n) is 12.9. The zero-order valence-corrected chi connectivity index (χ0v) is 58.7. The summed E-state index contributed by atoms with van der Waals surface area (Å²) < 4.78 is 50.6. The fraction of sp³-hybridized carbons (Fsp3) is 0.579. The van der Waals surface area contributed by atoms with Crippen LogP contribution < -0.4 is 18.9 Å². The van der Waals surface area contributed by atoms with Gasteiger partial charge in [-0.25, -0.2) is 19.2 Å². The lowest BCUT2D eigenvalue weighted by atomic mass is 9.79. The Morgan fingerprint density at radius 3 is 0.635 bits per heavy atom. The van der Waals surface area contributed by atoms with E-state index in [0.717, 1.165) is 47.9 Å². The third-order valence-electron chi connectivity index (χ3n) is 18.5. The standard InChI is InChI=1S/C76H100N4O16/c1-73(2,3)57-37-49-33-51-39-58(74(4,5)6)41-53(70(51)94-46-66(86)90-30-26-78-22-14-18-62(78)82)35-55-43-60(76(10,11)12)44-56(72(55)96-48-68(88)92-32-28-80-24-16-20-64(80)84)36-54-42-59(75(7,8)9)40-52(71(54)95-47-67(87)91-31-27-79-23-15-19-63(79)83)34-50(38-57)69(49)93-45-65(85)89-29-25-77-21-13-17-61(77)81/h37-44H,13-36,45-48H2,1-12H3. The van der Waals surface area contributed by atoms with Crippen LogP contribution in [0.15, 0.2) is 48.5 Å². The maximum absolute atomic E-state index is 14.0. The van der Waals surface area contributed by atoms with Gasteiger partial charge in [0.25, 0.3) is 0 Å². The lowest BCUT2D eigenvalue weighted by Gasteiger charge is -2.29. The molecule has 96 heavy (non-hydrogen) atoms. The van der Waals surface area contributed by atoms with Crippen LogP contribution in [0.4, 0.5) is 0 Å². The molecule has 0 atom stereocenters. The highest BCUT2D eigenvalue weighted by Gasteiger charge is 2.32. The minimum atomic E-state index is -0.636. The SMILES string of the molecule is CC(C)(C)c1cc2c(OCC(=O)OCCN3CCCC3=O)c(c1)Cc1cc(C(C)(C)C)cc(c1OCC(=O)OCCN1CCCC1=O)Cc1cc(C(C)(C)C)cc(c1OCC(=O)OCCN1CCCC1=O)Cc1cc(C(C)(C)C)cc(c1OCC(=O)OCCN1CCCC1=O)C2. The number of fused-ring (bicyclic) bond motifs is 8. The highest BCUT2D eigenvalue weighted by molar-refractivity contribution is 5.80. The van der Waals surface area contributed by atoms with E-state index in [1.807, 2.05) is 0 Å². The molecule has 0 saturated carbocycles. The van der Waals surface area contributed by atoms with Gasteiger partial charge in [-0.1, -0.05) is 132 Å². The van der Waals surface area contributed by atoms with Crippen molar-refractivity contribution >= 4 is 47.5 Å². The molecule has 0 unspecified atom stereocenters. The number of hydrogen-bond donors (Lipinski definition) is 0. The number of amides is 4. The smallest absolute Gasteiger partial charge is 0.344 e. The van der Waals surface area contributed by atoms with Crippen LogP contribution in [-0.2, 0) is 105 Å². The van der Waals surface area contributed by atoms with Crippen LogP contribution in [0.1, 0.15) is 201 Å². The topological polar surface area (TPSA) is 223 Å². The molecule has 0 spiro atoms. The second-order valence-electron chi connectivity index (χ2n) is 30.2. The summed E-state index contributed by atoms with van der Waals surface area (Å²) in [5, 5.41) is 0. The Kier molecular flexibility index (Phi) is 23.2. The van der Waals surface area contributed by atoms with Crippen molar-refractivity contribution in [1.82, 2.24) is 19.6 Å². The molecule has 520 valence electrons. The van der Waals surface area contributed by atoms with Gasteiger partial charge in [0.05, 0.1) is 26.2 Å². The minimum Gasteiger partial charge on any atom is -0.481 e. The summed E-state index contributed by atoms with van der Waals surface area (Å²) in [6, 6.07) is 16.7. The number of ether oxygens (including phenoxy) is 8. The van der Waals surface area contributed by atoms with Gasteiger partial charge in [0.2, 0.25) is 23.6 Å². The summed E-state index contributed by atoms with van der Waals surface area (Å²) in [5.74, 6) is -0.900. The van der Waals surface area contributed by atoms with Crippen molar-refractivity contribution < 1.29 is 76.3 Å². The lowest BCUT2D eigenvalue weighted by Crippen LogP contribution is -2.30. The molecule has 1 aliphatic carbocycles. The van der Waals surface area contributed by atoms with Crippen molar-refractivity contribution in [2.45, 2.75) is 182 Å². The maximum atomic E-state index is 14.0. The quantitative estimate of drug-likeness (QED) is 0.0414. The third kappa shape index (κ3) is 19.1. The highest BCUT2D eigenvalue weighted by Crippen LogP contribution is 2.45. The van der Waals surface area contributed by atoms with Crippen LogP contribution >= 0.6 is 0 Å². The van der Waals surface area contributed by atoms with E-state index in [1.165, 1.54) is 0 Å². The van der Waals surface area contributed by atoms with Crippen molar-refractivity contribution in [3.8, 4) is 23.0 Å². The first-order chi connectivity index (χ1) is 45.4. The molecule has 4 aromatic carbocycles. The molecule has 4 heterocycles. The predicted octanol–water partition coefficient (Wildman–Crippen LogP) is 9.73. The van der Waals surface area contributed by atoms with E-state index in [9.17, 15) is 38.4 Å². The van der Waals surface area contributed by atoms with Crippen LogP contribution in [0.2, 0.25) is 0 Å². The molecule has 4 saturated heterocycles. The summed E-state index contributed by atoms with van der Waals surface area (Å²) in [6.45, 7) is 26.9. The van der Waals surface area contributed by atoms with Gasteiger partial charge >= 0.3 is 23.9 Å². The summed E-state index contributed by atoms with van der Waals surface area (Å²) in [7, 11) is 0. The monoisotopic (exact) mass is 1320 g/mol. The van der Waals surface area contributed by atoms with E-state index in [1.54, 1.807) is 19.6 Å².